The zero-order valence-electron chi connectivity index (χ0n) is 12.5. The zero-order valence-corrected chi connectivity index (χ0v) is 12.5. The topological polar surface area (TPSA) is 58.4 Å². The number of nitrogens with zero attached hydrogens (tertiary/aromatic N) is 1. The maximum Gasteiger partial charge on any atom is 0.224 e. The Bertz CT molecular complexity index is 473. The molecule has 2 rings (SSSR count). The van der Waals surface area contributed by atoms with Crippen LogP contribution in [0.1, 0.15) is 31.7 Å². The number of rotatable bonds is 5. The second-order valence-electron chi connectivity index (χ2n) is 5.92. The minimum Gasteiger partial charge on any atom is -0.399 e. The third-order valence-corrected chi connectivity index (χ3v) is 3.92. The summed E-state index contributed by atoms with van der Waals surface area (Å²) in [6, 6.07) is 5.59. The van der Waals surface area contributed by atoms with E-state index in [4.69, 9.17) is 5.73 Å². The third kappa shape index (κ3) is 4.23. The van der Waals surface area contributed by atoms with Gasteiger partial charge in [0.1, 0.15) is 0 Å². The van der Waals surface area contributed by atoms with Gasteiger partial charge in [-0.15, -0.1) is 0 Å². The molecular weight excluding hydrogens is 250 g/mol. The molecule has 0 saturated carbocycles. The van der Waals surface area contributed by atoms with Crippen molar-refractivity contribution in [3.63, 3.8) is 0 Å². The summed E-state index contributed by atoms with van der Waals surface area (Å²) in [6.45, 7) is 7.64. The lowest BCUT2D eigenvalue weighted by Crippen LogP contribution is -2.23. The third-order valence-electron chi connectivity index (χ3n) is 3.92. The predicted molar refractivity (Wildman–Crippen MR) is 83.7 cm³/mol. The van der Waals surface area contributed by atoms with Crippen LogP contribution in [0.4, 0.5) is 11.4 Å². The lowest BCUT2D eigenvalue weighted by molar-refractivity contribution is -0.116. The molecule has 1 unspecified atom stereocenters. The lowest BCUT2D eigenvalue weighted by Gasteiger charge is -2.15. The highest BCUT2D eigenvalue weighted by molar-refractivity contribution is 5.91. The van der Waals surface area contributed by atoms with Crippen LogP contribution in [0.15, 0.2) is 18.2 Å². The molecule has 3 N–H and O–H groups in total. The van der Waals surface area contributed by atoms with E-state index < -0.39 is 0 Å². The molecule has 1 fully saturated rings. The normalized spacial score (nSPS) is 19.2. The SMILES string of the molecule is Cc1ccc(N)cc1NC(=O)CCCN1CCC(C)C1. The van der Waals surface area contributed by atoms with E-state index in [-0.39, 0.29) is 5.91 Å². The Morgan fingerprint density at radius 2 is 2.30 bits per heavy atom. The first kappa shape index (κ1) is 14.9. The monoisotopic (exact) mass is 275 g/mol. The number of amides is 1. The minimum absolute atomic E-state index is 0.0749. The van der Waals surface area contributed by atoms with Crippen LogP contribution < -0.4 is 11.1 Å². The maximum absolute atomic E-state index is 11.9. The summed E-state index contributed by atoms with van der Waals surface area (Å²) in [5, 5.41) is 2.95. The second-order valence-corrected chi connectivity index (χ2v) is 5.92. The number of nitrogens with one attached hydrogen (secondary N) is 1. The van der Waals surface area contributed by atoms with Gasteiger partial charge in [0, 0.05) is 24.3 Å². The molecule has 1 atom stereocenters. The van der Waals surface area contributed by atoms with Gasteiger partial charge < -0.3 is 16.0 Å². The Labute approximate surface area is 121 Å². The largest absolute Gasteiger partial charge is 0.399 e. The summed E-state index contributed by atoms with van der Waals surface area (Å²) >= 11 is 0. The average Bonchev–Trinajstić information content (AvgIpc) is 2.80. The number of hydrogen-bond acceptors (Lipinski definition) is 3. The Hall–Kier alpha value is -1.55. The molecule has 0 radical (unpaired) electrons. The summed E-state index contributed by atoms with van der Waals surface area (Å²) in [7, 11) is 0. The van der Waals surface area contributed by atoms with Crippen molar-refractivity contribution in [3.8, 4) is 0 Å². The Morgan fingerprint density at radius 3 is 3.00 bits per heavy atom. The molecule has 0 bridgehead atoms. The van der Waals surface area contributed by atoms with Gasteiger partial charge in [-0.05, 0) is 56.5 Å². The molecule has 1 aromatic carbocycles. The molecule has 1 heterocycles. The number of benzene rings is 1. The molecule has 1 saturated heterocycles. The Kier molecular flexibility index (Phi) is 5.01. The van der Waals surface area contributed by atoms with Crippen LogP contribution in [-0.4, -0.2) is 30.4 Å². The Balaban J connectivity index is 1.74. The standard InChI is InChI=1S/C16H25N3O/c1-12-7-9-19(11-12)8-3-4-16(20)18-15-10-14(17)6-5-13(15)2/h5-6,10,12H,3-4,7-9,11,17H2,1-2H3,(H,18,20). The van der Waals surface area contributed by atoms with Crippen molar-refractivity contribution in [1.29, 1.82) is 0 Å². The van der Waals surface area contributed by atoms with E-state index >= 15 is 0 Å². The number of likely N-dealkylation sites (tertiary alicyclic amines) is 1. The van der Waals surface area contributed by atoms with Gasteiger partial charge in [-0.3, -0.25) is 4.79 Å². The summed E-state index contributed by atoms with van der Waals surface area (Å²) < 4.78 is 0. The number of carbonyl (C=O) groups is 1. The number of anilines is 2. The van der Waals surface area contributed by atoms with Gasteiger partial charge in [0.15, 0.2) is 0 Å². The smallest absolute Gasteiger partial charge is 0.224 e. The average molecular weight is 275 g/mol. The first-order valence-electron chi connectivity index (χ1n) is 7.43. The molecule has 1 aliphatic heterocycles. The lowest BCUT2D eigenvalue weighted by atomic mass is 10.1. The van der Waals surface area contributed by atoms with Crippen molar-refractivity contribution in [3.05, 3.63) is 23.8 Å². The van der Waals surface area contributed by atoms with Crippen LogP contribution in [0, 0.1) is 12.8 Å². The van der Waals surface area contributed by atoms with Crippen molar-refractivity contribution >= 4 is 17.3 Å². The summed E-state index contributed by atoms with van der Waals surface area (Å²) in [4.78, 5) is 14.4. The van der Waals surface area contributed by atoms with Gasteiger partial charge in [-0.1, -0.05) is 13.0 Å². The first-order valence-corrected chi connectivity index (χ1v) is 7.43. The van der Waals surface area contributed by atoms with Gasteiger partial charge >= 0.3 is 0 Å². The molecule has 4 heteroatoms. The fraction of sp³-hybridized carbons (Fsp3) is 0.562. The molecule has 1 aromatic rings. The van der Waals surface area contributed by atoms with E-state index in [2.05, 4.69) is 17.1 Å². The molecule has 20 heavy (non-hydrogen) atoms. The van der Waals surface area contributed by atoms with Crippen LogP contribution in [-0.2, 0) is 4.79 Å². The molecule has 0 aromatic heterocycles. The summed E-state index contributed by atoms with van der Waals surface area (Å²) in [5.74, 6) is 0.879. The van der Waals surface area contributed by atoms with Crippen LogP contribution in [0.2, 0.25) is 0 Å². The predicted octanol–water partition coefficient (Wildman–Crippen LogP) is 2.64. The number of nitrogens with two attached hydrogens (primary N) is 1. The van der Waals surface area contributed by atoms with E-state index in [0.717, 1.165) is 30.1 Å². The highest BCUT2D eigenvalue weighted by Crippen LogP contribution is 2.19. The van der Waals surface area contributed by atoms with E-state index in [9.17, 15) is 4.79 Å². The quantitative estimate of drug-likeness (QED) is 0.812. The fourth-order valence-corrected chi connectivity index (χ4v) is 2.68. The van der Waals surface area contributed by atoms with Crippen LogP contribution in [0.3, 0.4) is 0 Å². The molecule has 0 aliphatic carbocycles. The van der Waals surface area contributed by atoms with Crippen LogP contribution >= 0.6 is 0 Å². The number of nitrogen functional groups attached to an aromatic ring is 1. The molecule has 1 aliphatic rings. The summed E-state index contributed by atoms with van der Waals surface area (Å²) in [6.07, 6.45) is 2.77. The van der Waals surface area contributed by atoms with E-state index in [0.29, 0.717) is 12.1 Å². The highest BCUT2D eigenvalue weighted by atomic mass is 16.1. The number of aryl methyl sites for hydroxylation is 1. The van der Waals surface area contributed by atoms with Gasteiger partial charge in [0.25, 0.3) is 0 Å². The second kappa shape index (κ2) is 6.75. The van der Waals surface area contributed by atoms with Gasteiger partial charge in [-0.2, -0.15) is 0 Å². The van der Waals surface area contributed by atoms with Crippen molar-refractivity contribution in [1.82, 2.24) is 4.90 Å². The highest BCUT2D eigenvalue weighted by Gasteiger charge is 2.18. The number of hydrogen-bond donors (Lipinski definition) is 2. The maximum atomic E-state index is 11.9. The van der Waals surface area contributed by atoms with E-state index in [1.807, 2.05) is 25.1 Å². The Morgan fingerprint density at radius 1 is 1.50 bits per heavy atom. The van der Waals surface area contributed by atoms with Crippen molar-refractivity contribution < 1.29 is 4.79 Å². The van der Waals surface area contributed by atoms with Crippen molar-refractivity contribution in [2.75, 3.05) is 30.7 Å². The van der Waals surface area contributed by atoms with Crippen molar-refractivity contribution in [2.45, 2.75) is 33.1 Å². The van der Waals surface area contributed by atoms with E-state index in [1.165, 1.54) is 19.5 Å². The molecular formula is C16H25N3O. The summed E-state index contributed by atoms with van der Waals surface area (Å²) in [5.41, 5.74) is 8.29. The van der Waals surface area contributed by atoms with E-state index in [1.54, 1.807) is 0 Å². The van der Waals surface area contributed by atoms with Gasteiger partial charge in [0.05, 0.1) is 0 Å². The van der Waals surface area contributed by atoms with Crippen molar-refractivity contribution in [2.24, 2.45) is 5.92 Å². The fourth-order valence-electron chi connectivity index (χ4n) is 2.68. The first-order chi connectivity index (χ1) is 9.54. The zero-order chi connectivity index (χ0) is 14.5. The molecule has 110 valence electrons. The minimum atomic E-state index is 0.0749. The van der Waals surface area contributed by atoms with Crippen LogP contribution in [0.5, 0.6) is 0 Å². The molecule has 4 nitrogen and oxygen atoms in total. The molecule has 1 amide bonds. The van der Waals surface area contributed by atoms with Crippen LogP contribution in [0.25, 0.3) is 0 Å². The van der Waals surface area contributed by atoms with Gasteiger partial charge in [-0.25, -0.2) is 0 Å². The molecule has 0 spiro atoms. The van der Waals surface area contributed by atoms with Gasteiger partial charge in [0.2, 0.25) is 5.91 Å². The number of carbonyl (C=O) groups excluding carboxylic acids is 1.